The number of nitrogens with zero attached hydrogens (tertiary/aromatic N) is 1. The summed E-state index contributed by atoms with van der Waals surface area (Å²) in [5.41, 5.74) is 1.45. The molecule has 0 fully saturated rings. The van der Waals surface area contributed by atoms with Crippen LogP contribution in [0.2, 0.25) is 5.02 Å². The number of methoxy groups -OCH3 is 1. The van der Waals surface area contributed by atoms with Crippen LogP contribution in [0.1, 0.15) is 17.2 Å². The molecular weight excluding hydrogens is 238 g/mol. The number of rotatable bonds is 3. The second-order valence-electron chi connectivity index (χ2n) is 3.61. The lowest BCUT2D eigenvalue weighted by Crippen LogP contribution is -2.00. The van der Waals surface area contributed by atoms with Gasteiger partial charge in [0.2, 0.25) is 0 Å². The van der Waals surface area contributed by atoms with E-state index in [4.69, 9.17) is 16.3 Å². The molecule has 1 heterocycles. The summed E-state index contributed by atoms with van der Waals surface area (Å²) < 4.78 is 5.07. The summed E-state index contributed by atoms with van der Waals surface area (Å²) in [6.07, 6.45) is 2.48. The second kappa shape index (κ2) is 5.17. The van der Waals surface area contributed by atoms with Crippen LogP contribution in [-0.4, -0.2) is 17.2 Å². The highest BCUT2D eigenvalue weighted by molar-refractivity contribution is 6.30. The Morgan fingerprint density at radius 2 is 1.88 bits per heavy atom. The fraction of sp³-hybridized carbons (Fsp3) is 0.154. The highest BCUT2D eigenvalue weighted by Crippen LogP contribution is 2.24. The van der Waals surface area contributed by atoms with Crippen molar-refractivity contribution >= 4 is 11.6 Å². The molecule has 0 radical (unpaired) electrons. The number of benzene rings is 1. The van der Waals surface area contributed by atoms with Crippen molar-refractivity contribution in [2.45, 2.75) is 6.10 Å². The van der Waals surface area contributed by atoms with Crippen LogP contribution in [0.3, 0.4) is 0 Å². The van der Waals surface area contributed by atoms with Gasteiger partial charge in [0.25, 0.3) is 0 Å². The molecule has 0 aliphatic heterocycles. The number of hydrogen-bond donors (Lipinski definition) is 1. The van der Waals surface area contributed by atoms with Crippen molar-refractivity contribution in [1.82, 2.24) is 4.98 Å². The summed E-state index contributed by atoms with van der Waals surface area (Å²) in [5, 5.41) is 10.8. The first kappa shape index (κ1) is 11.9. The van der Waals surface area contributed by atoms with Crippen LogP contribution in [0.5, 0.6) is 5.75 Å². The minimum atomic E-state index is -0.727. The van der Waals surface area contributed by atoms with Crippen molar-refractivity contribution in [2.75, 3.05) is 7.11 Å². The number of aliphatic hydroxyl groups is 1. The van der Waals surface area contributed by atoms with Gasteiger partial charge in [0.05, 0.1) is 13.3 Å². The highest BCUT2D eigenvalue weighted by Gasteiger charge is 2.11. The van der Waals surface area contributed by atoms with E-state index in [0.29, 0.717) is 16.3 Å². The molecule has 0 amide bonds. The van der Waals surface area contributed by atoms with Gasteiger partial charge in [-0.3, -0.25) is 4.98 Å². The Hall–Kier alpha value is -1.58. The van der Waals surface area contributed by atoms with Crippen molar-refractivity contribution in [3.8, 4) is 5.75 Å². The van der Waals surface area contributed by atoms with E-state index < -0.39 is 6.10 Å². The first-order valence-corrected chi connectivity index (χ1v) is 5.51. The van der Waals surface area contributed by atoms with Gasteiger partial charge in [-0.2, -0.15) is 0 Å². The highest BCUT2D eigenvalue weighted by atomic mass is 35.5. The fourth-order valence-electron chi connectivity index (χ4n) is 1.53. The Kier molecular flexibility index (Phi) is 3.61. The third kappa shape index (κ3) is 2.75. The molecule has 88 valence electrons. The fourth-order valence-corrected chi connectivity index (χ4v) is 1.66. The van der Waals surface area contributed by atoms with E-state index in [0.717, 1.165) is 5.56 Å². The maximum atomic E-state index is 10.2. The lowest BCUT2D eigenvalue weighted by molar-refractivity contribution is 0.219. The quantitative estimate of drug-likeness (QED) is 0.910. The number of aromatic nitrogens is 1. The molecule has 0 saturated carbocycles. The first-order valence-electron chi connectivity index (χ1n) is 5.13. The molecule has 0 bridgehead atoms. The van der Waals surface area contributed by atoms with E-state index in [1.807, 2.05) is 0 Å². The van der Waals surface area contributed by atoms with Gasteiger partial charge in [0.15, 0.2) is 0 Å². The number of ether oxygens (including phenoxy) is 1. The van der Waals surface area contributed by atoms with Gasteiger partial charge in [0.1, 0.15) is 11.9 Å². The van der Waals surface area contributed by atoms with E-state index in [1.54, 1.807) is 49.8 Å². The van der Waals surface area contributed by atoms with Crippen LogP contribution < -0.4 is 4.74 Å². The van der Waals surface area contributed by atoms with Crippen LogP contribution in [0.25, 0.3) is 0 Å². The van der Waals surface area contributed by atoms with Gasteiger partial charge in [-0.05, 0) is 23.8 Å². The minimum absolute atomic E-state index is 0.621. The topological polar surface area (TPSA) is 42.4 Å². The summed E-state index contributed by atoms with van der Waals surface area (Å²) >= 11 is 5.80. The molecule has 0 saturated heterocycles. The summed E-state index contributed by atoms with van der Waals surface area (Å²) in [7, 11) is 1.56. The van der Waals surface area contributed by atoms with Crippen molar-refractivity contribution in [2.24, 2.45) is 0 Å². The average molecular weight is 250 g/mol. The lowest BCUT2D eigenvalue weighted by Gasteiger charge is -2.12. The zero-order chi connectivity index (χ0) is 12.3. The molecule has 1 N–H and O–H groups in total. The molecule has 4 heteroatoms. The Labute approximate surface area is 105 Å². The SMILES string of the molecule is COc1cncc(C(O)c2ccc(Cl)cc2)c1. The molecule has 0 aliphatic rings. The maximum absolute atomic E-state index is 10.2. The molecular formula is C13H12ClNO2. The number of hydrogen-bond acceptors (Lipinski definition) is 3. The van der Waals surface area contributed by atoms with Gasteiger partial charge in [-0.25, -0.2) is 0 Å². The van der Waals surface area contributed by atoms with E-state index >= 15 is 0 Å². The Balaban J connectivity index is 2.29. The number of halogens is 1. The van der Waals surface area contributed by atoms with Gasteiger partial charge in [-0.1, -0.05) is 23.7 Å². The molecule has 1 aromatic carbocycles. The summed E-state index contributed by atoms with van der Waals surface area (Å²) in [6.45, 7) is 0. The third-order valence-electron chi connectivity index (χ3n) is 2.47. The molecule has 3 nitrogen and oxygen atoms in total. The summed E-state index contributed by atoms with van der Waals surface area (Å²) in [4.78, 5) is 4.01. The van der Waals surface area contributed by atoms with E-state index in [9.17, 15) is 5.11 Å². The minimum Gasteiger partial charge on any atom is -0.495 e. The van der Waals surface area contributed by atoms with Gasteiger partial charge in [-0.15, -0.1) is 0 Å². The Morgan fingerprint density at radius 3 is 2.53 bits per heavy atom. The summed E-state index contributed by atoms with van der Waals surface area (Å²) in [6, 6.07) is 8.81. The van der Waals surface area contributed by atoms with Crippen molar-refractivity contribution in [3.63, 3.8) is 0 Å². The van der Waals surface area contributed by atoms with E-state index in [-0.39, 0.29) is 0 Å². The number of pyridine rings is 1. The average Bonchev–Trinajstić information content (AvgIpc) is 2.39. The van der Waals surface area contributed by atoms with Crippen LogP contribution in [0.4, 0.5) is 0 Å². The van der Waals surface area contributed by atoms with Gasteiger partial charge < -0.3 is 9.84 Å². The van der Waals surface area contributed by atoms with Crippen LogP contribution >= 0.6 is 11.6 Å². The van der Waals surface area contributed by atoms with Crippen LogP contribution in [0, 0.1) is 0 Å². The first-order chi connectivity index (χ1) is 8.20. The van der Waals surface area contributed by atoms with Crippen LogP contribution in [-0.2, 0) is 0 Å². The lowest BCUT2D eigenvalue weighted by atomic mass is 10.0. The van der Waals surface area contributed by atoms with E-state index in [1.165, 1.54) is 0 Å². The zero-order valence-corrected chi connectivity index (χ0v) is 10.1. The molecule has 1 aromatic heterocycles. The predicted octanol–water partition coefficient (Wildman–Crippen LogP) is 2.83. The third-order valence-corrected chi connectivity index (χ3v) is 2.72. The van der Waals surface area contributed by atoms with Crippen molar-refractivity contribution in [1.29, 1.82) is 0 Å². The monoisotopic (exact) mass is 249 g/mol. The van der Waals surface area contributed by atoms with E-state index in [2.05, 4.69) is 4.98 Å². The standard InChI is InChI=1S/C13H12ClNO2/c1-17-12-6-10(7-15-8-12)13(16)9-2-4-11(14)5-3-9/h2-8,13,16H,1H3. The largest absolute Gasteiger partial charge is 0.495 e. The number of aliphatic hydroxyl groups excluding tert-OH is 1. The summed E-state index contributed by atoms with van der Waals surface area (Å²) in [5.74, 6) is 0.621. The van der Waals surface area contributed by atoms with Gasteiger partial charge in [0, 0.05) is 16.8 Å². The molecule has 2 rings (SSSR count). The molecule has 0 spiro atoms. The Morgan fingerprint density at radius 1 is 1.18 bits per heavy atom. The molecule has 1 unspecified atom stereocenters. The predicted molar refractivity (Wildman–Crippen MR) is 66.3 cm³/mol. The smallest absolute Gasteiger partial charge is 0.137 e. The van der Waals surface area contributed by atoms with Crippen LogP contribution in [0.15, 0.2) is 42.7 Å². The second-order valence-corrected chi connectivity index (χ2v) is 4.05. The Bertz CT molecular complexity index is 499. The maximum Gasteiger partial charge on any atom is 0.137 e. The van der Waals surface area contributed by atoms with Crippen molar-refractivity contribution < 1.29 is 9.84 Å². The molecule has 17 heavy (non-hydrogen) atoms. The molecule has 0 aliphatic carbocycles. The molecule has 1 atom stereocenters. The van der Waals surface area contributed by atoms with Crippen molar-refractivity contribution in [3.05, 3.63) is 58.9 Å². The normalized spacial score (nSPS) is 12.2. The van der Waals surface area contributed by atoms with Gasteiger partial charge >= 0.3 is 0 Å². The zero-order valence-electron chi connectivity index (χ0n) is 9.30. The molecule has 2 aromatic rings.